The van der Waals surface area contributed by atoms with Gasteiger partial charge < -0.3 is 10.2 Å². The van der Waals surface area contributed by atoms with Crippen LogP contribution in [0.4, 0.5) is 5.69 Å². The number of nitrogens with zero attached hydrogens (tertiary/aromatic N) is 2. The van der Waals surface area contributed by atoms with E-state index >= 15 is 0 Å². The van der Waals surface area contributed by atoms with E-state index in [0.717, 1.165) is 12.0 Å². The molecule has 2 aliphatic heterocycles. The largest absolute Gasteiger partial charge is 0.355 e. The van der Waals surface area contributed by atoms with Crippen molar-refractivity contribution in [2.75, 3.05) is 18.0 Å². The highest BCUT2D eigenvalue weighted by Crippen LogP contribution is 2.44. The Morgan fingerprint density at radius 2 is 1.68 bits per heavy atom. The third-order valence-electron chi connectivity index (χ3n) is 5.24. The van der Waals surface area contributed by atoms with Gasteiger partial charge in [0.2, 0.25) is 5.91 Å². The van der Waals surface area contributed by atoms with Gasteiger partial charge in [0.25, 0.3) is 11.8 Å². The minimum atomic E-state index is -0.595. The highest BCUT2D eigenvalue weighted by atomic mass is 16.2. The molecule has 4 rings (SSSR count). The van der Waals surface area contributed by atoms with Gasteiger partial charge in [-0.15, -0.1) is 0 Å². The molecule has 0 unspecified atom stereocenters. The van der Waals surface area contributed by atoms with Gasteiger partial charge in [-0.05, 0) is 30.5 Å². The maximum atomic E-state index is 13.2. The summed E-state index contributed by atoms with van der Waals surface area (Å²) in [6.45, 7) is 4.67. The summed E-state index contributed by atoms with van der Waals surface area (Å²) in [7, 11) is 0. The lowest BCUT2D eigenvalue weighted by Gasteiger charge is -2.40. The Morgan fingerprint density at radius 1 is 1.00 bits per heavy atom. The van der Waals surface area contributed by atoms with Crippen molar-refractivity contribution in [1.82, 2.24) is 10.2 Å². The van der Waals surface area contributed by atoms with Crippen LogP contribution in [0, 0.1) is 5.92 Å². The van der Waals surface area contributed by atoms with Gasteiger partial charge in [-0.1, -0.05) is 44.2 Å². The van der Waals surface area contributed by atoms with E-state index in [0.29, 0.717) is 29.3 Å². The summed E-state index contributed by atoms with van der Waals surface area (Å²) < 4.78 is 0. The van der Waals surface area contributed by atoms with Gasteiger partial charge in [0, 0.05) is 17.7 Å². The normalized spacial score (nSPS) is 17.5. The molecule has 0 saturated heterocycles. The number of hydrogen-bond donors (Lipinski definition) is 1. The lowest BCUT2D eigenvalue weighted by molar-refractivity contribution is -0.122. The highest BCUT2D eigenvalue weighted by molar-refractivity contribution is 6.17. The fourth-order valence-electron chi connectivity index (χ4n) is 3.84. The molecule has 2 heterocycles. The average molecular weight is 377 g/mol. The quantitative estimate of drug-likeness (QED) is 0.871. The van der Waals surface area contributed by atoms with Crippen LogP contribution in [0.15, 0.2) is 48.5 Å². The molecule has 28 heavy (non-hydrogen) atoms. The summed E-state index contributed by atoms with van der Waals surface area (Å²) in [4.78, 5) is 41.9. The van der Waals surface area contributed by atoms with E-state index in [1.807, 2.05) is 24.3 Å². The van der Waals surface area contributed by atoms with Crippen molar-refractivity contribution in [3.05, 3.63) is 65.2 Å². The summed E-state index contributed by atoms with van der Waals surface area (Å²) in [6, 6.07) is 14.3. The lowest BCUT2D eigenvalue weighted by atomic mass is 10.0. The van der Waals surface area contributed by atoms with E-state index in [-0.39, 0.29) is 24.3 Å². The standard InChI is InChI=1S/C22H23N3O3/c1-14(2)11-12-23-19(26)13-24-20-15-7-3-4-8-16(15)22(28)25(20)18-10-6-5-9-17(18)21(24)27/h3-10,14,20H,11-13H2,1-2H3,(H,23,26)/t20-/m0/s1. The molecule has 6 heteroatoms. The number of para-hydroxylation sites is 1. The Morgan fingerprint density at radius 3 is 2.43 bits per heavy atom. The number of fused-ring (bicyclic) bond motifs is 5. The Balaban J connectivity index is 1.69. The minimum absolute atomic E-state index is 0.0892. The fraction of sp³-hybridized carbons (Fsp3) is 0.318. The van der Waals surface area contributed by atoms with Crippen LogP contribution >= 0.6 is 0 Å². The molecule has 0 bridgehead atoms. The van der Waals surface area contributed by atoms with Gasteiger partial charge in [0.1, 0.15) is 12.7 Å². The van der Waals surface area contributed by atoms with Crippen LogP contribution in [0.1, 0.15) is 52.7 Å². The van der Waals surface area contributed by atoms with Crippen LogP contribution in [-0.2, 0) is 4.79 Å². The molecule has 6 nitrogen and oxygen atoms in total. The summed E-state index contributed by atoms with van der Waals surface area (Å²) in [5.74, 6) is -0.116. The fourth-order valence-corrected chi connectivity index (χ4v) is 3.84. The molecule has 3 amide bonds. The van der Waals surface area contributed by atoms with Crippen molar-refractivity contribution in [3.8, 4) is 0 Å². The van der Waals surface area contributed by atoms with E-state index < -0.39 is 6.17 Å². The monoisotopic (exact) mass is 377 g/mol. The summed E-state index contributed by atoms with van der Waals surface area (Å²) in [5, 5.41) is 2.88. The number of benzene rings is 2. The van der Waals surface area contributed by atoms with E-state index in [1.54, 1.807) is 29.2 Å². The SMILES string of the molecule is CC(C)CCNC(=O)CN1C(=O)c2ccccc2N2C(=O)c3ccccc3[C@@H]12. The number of anilines is 1. The van der Waals surface area contributed by atoms with Crippen LogP contribution in [-0.4, -0.2) is 35.7 Å². The predicted molar refractivity (Wildman–Crippen MR) is 106 cm³/mol. The first-order chi connectivity index (χ1) is 13.5. The molecule has 2 aromatic carbocycles. The van der Waals surface area contributed by atoms with Crippen molar-refractivity contribution in [2.24, 2.45) is 5.92 Å². The number of amides is 3. The zero-order valence-electron chi connectivity index (χ0n) is 16.0. The third-order valence-corrected chi connectivity index (χ3v) is 5.24. The molecule has 0 spiro atoms. The molecular formula is C22H23N3O3. The van der Waals surface area contributed by atoms with Gasteiger partial charge in [-0.2, -0.15) is 0 Å². The Labute approximate surface area is 164 Å². The van der Waals surface area contributed by atoms with Crippen molar-refractivity contribution >= 4 is 23.4 Å². The second kappa shape index (κ2) is 7.11. The zero-order chi connectivity index (χ0) is 19.8. The highest BCUT2D eigenvalue weighted by Gasteiger charge is 2.47. The van der Waals surface area contributed by atoms with Crippen molar-refractivity contribution in [3.63, 3.8) is 0 Å². The van der Waals surface area contributed by atoms with E-state index in [1.165, 1.54) is 4.90 Å². The number of carbonyl (C=O) groups is 3. The van der Waals surface area contributed by atoms with Crippen LogP contribution in [0.25, 0.3) is 0 Å². The average Bonchev–Trinajstić information content (AvgIpc) is 2.98. The molecule has 0 saturated carbocycles. The molecule has 0 aromatic heterocycles. The second-order valence-corrected chi connectivity index (χ2v) is 7.62. The number of nitrogens with one attached hydrogen (secondary N) is 1. The predicted octanol–water partition coefficient (Wildman–Crippen LogP) is 2.96. The van der Waals surface area contributed by atoms with Gasteiger partial charge >= 0.3 is 0 Å². The summed E-state index contributed by atoms with van der Waals surface area (Å²) in [5.41, 5.74) is 2.36. The third kappa shape index (κ3) is 2.95. The van der Waals surface area contributed by atoms with Crippen molar-refractivity contribution in [1.29, 1.82) is 0 Å². The van der Waals surface area contributed by atoms with Crippen LogP contribution < -0.4 is 10.2 Å². The van der Waals surface area contributed by atoms with Gasteiger partial charge in [-0.25, -0.2) is 0 Å². The molecule has 1 N–H and O–H groups in total. The Hall–Kier alpha value is -3.15. The van der Waals surface area contributed by atoms with E-state index in [4.69, 9.17) is 0 Å². The zero-order valence-corrected chi connectivity index (χ0v) is 16.0. The maximum Gasteiger partial charge on any atom is 0.260 e. The number of hydrogen-bond acceptors (Lipinski definition) is 3. The van der Waals surface area contributed by atoms with Crippen molar-refractivity contribution in [2.45, 2.75) is 26.4 Å². The molecule has 2 aliphatic rings. The molecule has 1 atom stereocenters. The van der Waals surface area contributed by atoms with Gasteiger partial charge in [0.15, 0.2) is 0 Å². The summed E-state index contributed by atoms with van der Waals surface area (Å²) in [6.07, 6.45) is 0.279. The van der Waals surface area contributed by atoms with Gasteiger partial charge in [-0.3, -0.25) is 19.3 Å². The molecule has 0 aliphatic carbocycles. The first-order valence-corrected chi connectivity index (χ1v) is 9.58. The summed E-state index contributed by atoms with van der Waals surface area (Å²) >= 11 is 0. The topological polar surface area (TPSA) is 69.7 Å². The lowest BCUT2D eigenvalue weighted by Crippen LogP contribution is -2.51. The van der Waals surface area contributed by atoms with Crippen LogP contribution in [0.3, 0.4) is 0 Å². The Bertz CT molecular complexity index is 954. The smallest absolute Gasteiger partial charge is 0.260 e. The van der Waals surface area contributed by atoms with Crippen molar-refractivity contribution < 1.29 is 14.4 Å². The molecule has 0 radical (unpaired) electrons. The Kier molecular flexibility index (Phi) is 4.63. The first-order valence-electron chi connectivity index (χ1n) is 9.58. The number of carbonyl (C=O) groups excluding carboxylic acids is 3. The van der Waals surface area contributed by atoms with E-state index in [2.05, 4.69) is 19.2 Å². The van der Waals surface area contributed by atoms with E-state index in [9.17, 15) is 14.4 Å². The van der Waals surface area contributed by atoms with Crippen LogP contribution in [0.2, 0.25) is 0 Å². The maximum absolute atomic E-state index is 13.2. The second-order valence-electron chi connectivity index (χ2n) is 7.62. The molecule has 2 aromatic rings. The molecular weight excluding hydrogens is 354 g/mol. The molecule has 0 fully saturated rings. The van der Waals surface area contributed by atoms with Crippen LogP contribution in [0.5, 0.6) is 0 Å². The van der Waals surface area contributed by atoms with Gasteiger partial charge in [0.05, 0.1) is 11.3 Å². The first kappa shape index (κ1) is 18.2. The minimum Gasteiger partial charge on any atom is -0.355 e. The molecule has 144 valence electrons. The number of rotatable bonds is 5.